The molecule has 1 saturated heterocycles. The van der Waals surface area contributed by atoms with E-state index in [0.29, 0.717) is 24.6 Å². The van der Waals surface area contributed by atoms with Gasteiger partial charge in [0.05, 0.1) is 0 Å². The number of amides is 3. The molecule has 3 aliphatic rings. The first-order valence-electron chi connectivity index (χ1n) is 15.8. The largest absolute Gasteiger partial charge is 0.444 e. The summed E-state index contributed by atoms with van der Waals surface area (Å²) in [4.78, 5) is 44.0. The summed E-state index contributed by atoms with van der Waals surface area (Å²) < 4.78 is 5.57. The Bertz CT molecular complexity index is 1050. The Hall–Kier alpha value is -2.52. The van der Waals surface area contributed by atoms with Gasteiger partial charge in [-0.15, -0.1) is 0 Å². The van der Waals surface area contributed by atoms with Crippen LogP contribution >= 0.6 is 11.8 Å². The van der Waals surface area contributed by atoms with Gasteiger partial charge >= 0.3 is 6.09 Å². The molecule has 1 aromatic rings. The van der Waals surface area contributed by atoms with Crippen molar-refractivity contribution in [2.75, 3.05) is 31.1 Å². The molecule has 2 atom stereocenters. The zero-order chi connectivity index (χ0) is 30.0. The molecule has 0 radical (unpaired) electrons. The van der Waals surface area contributed by atoms with Gasteiger partial charge in [-0.05, 0) is 70.1 Å². The van der Waals surface area contributed by atoms with Crippen LogP contribution in [0.2, 0.25) is 0 Å². The molecule has 0 spiro atoms. The minimum atomic E-state index is -0.704. The summed E-state index contributed by atoms with van der Waals surface area (Å²) in [5, 5.41) is 6.29. The third kappa shape index (κ3) is 10.3. The molecule has 1 unspecified atom stereocenters. The number of thioether (sulfide) groups is 1. The number of ether oxygens (including phenoxy) is 1. The predicted octanol–water partition coefficient (Wildman–Crippen LogP) is 5.13. The lowest BCUT2D eigenvalue weighted by Gasteiger charge is -2.35. The van der Waals surface area contributed by atoms with Gasteiger partial charge in [-0.2, -0.15) is 11.8 Å². The summed E-state index contributed by atoms with van der Waals surface area (Å²) in [5.41, 5.74) is 0.643. The highest BCUT2D eigenvalue weighted by atomic mass is 32.2. The van der Waals surface area contributed by atoms with E-state index in [0.717, 1.165) is 38.2 Å². The van der Waals surface area contributed by atoms with E-state index in [-0.39, 0.29) is 17.9 Å². The first kappa shape index (κ1) is 32.4. The Morgan fingerprint density at radius 2 is 1.71 bits per heavy atom. The first-order chi connectivity index (χ1) is 20.2. The van der Waals surface area contributed by atoms with Crippen LogP contribution in [-0.4, -0.2) is 82.6 Å². The molecule has 0 aromatic heterocycles. The van der Waals surface area contributed by atoms with Gasteiger partial charge in [-0.1, -0.05) is 61.7 Å². The first-order valence-corrected chi connectivity index (χ1v) is 16.9. The lowest BCUT2D eigenvalue weighted by molar-refractivity contribution is -0.131. The van der Waals surface area contributed by atoms with E-state index < -0.39 is 23.8 Å². The zero-order valence-corrected chi connectivity index (χ0v) is 26.5. The summed E-state index contributed by atoms with van der Waals surface area (Å²) in [6.07, 6.45) is 11.8. The Morgan fingerprint density at radius 3 is 2.40 bits per heavy atom. The molecule has 1 aromatic carbocycles. The smallest absolute Gasteiger partial charge is 0.411 e. The van der Waals surface area contributed by atoms with Gasteiger partial charge in [0.25, 0.3) is 0 Å². The Labute approximate surface area is 256 Å². The molecule has 3 amide bonds. The number of nitrogens with one attached hydrogen (secondary N) is 2. The van der Waals surface area contributed by atoms with Gasteiger partial charge in [0.2, 0.25) is 11.8 Å². The highest BCUT2D eigenvalue weighted by molar-refractivity contribution is 7.99. The molecule has 4 rings (SSSR count). The fraction of sp³-hybridized carbons (Fsp3) is 0.667. The standard InChI is InChI=1S/C33H50N4O4S/c1-33(2,3)41-32(40)37-19-11-10-16-29(37)31(39)35-28(24-42-23-26-14-8-5-9-15-26)30(38)34-27-17-20-36(21-18-27)22-25-12-6-4-7-13-25/h4,6-7,10-13,26-29H,5,8-9,14-24H2,1-3H3,(H,34,38)(H,35,39)/t28-,29?/m0/s1. The van der Waals surface area contributed by atoms with E-state index in [1.165, 1.54) is 42.6 Å². The van der Waals surface area contributed by atoms with E-state index in [1.807, 2.05) is 39.0 Å². The second kappa shape index (κ2) is 15.8. The van der Waals surface area contributed by atoms with Crippen LogP contribution < -0.4 is 10.6 Å². The van der Waals surface area contributed by atoms with Gasteiger partial charge in [-0.3, -0.25) is 19.4 Å². The fourth-order valence-electron chi connectivity index (χ4n) is 5.97. The van der Waals surface area contributed by atoms with Gasteiger partial charge in [0.1, 0.15) is 17.7 Å². The van der Waals surface area contributed by atoms with E-state index >= 15 is 0 Å². The van der Waals surface area contributed by atoms with Crippen LogP contribution in [0, 0.1) is 5.92 Å². The predicted molar refractivity (Wildman–Crippen MR) is 169 cm³/mol. The van der Waals surface area contributed by atoms with Crippen LogP contribution in [-0.2, 0) is 20.9 Å². The summed E-state index contributed by atoms with van der Waals surface area (Å²) in [6.45, 7) is 8.52. The highest BCUT2D eigenvalue weighted by Gasteiger charge is 2.35. The monoisotopic (exact) mass is 598 g/mol. The van der Waals surface area contributed by atoms with Crippen LogP contribution in [0.1, 0.15) is 77.7 Å². The topological polar surface area (TPSA) is 91.0 Å². The molecule has 2 fully saturated rings. The number of likely N-dealkylation sites (tertiary alicyclic amines) is 1. The molecule has 2 aliphatic heterocycles. The van der Waals surface area contributed by atoms with Crippen LogP contribution in [0.3, 0.4) is 0 Å². The van der Waals surface area contributed by atoms with Crippen molar-refractivity contribution in [2.24, 2.45) is 5.92 Å². The maximum Gasteiger partial charge on any atom is 0.411 e. The number of benzene rings is 1. The summed E-state index contributed by atoms with van der Waals surface area (Å²) >= 11 is 1.76. The number of carbonyl (C=O) groups is 3. The van der Waals surface area contributed by atoms with E-state index in [4.69, 9.17) is 4.74 Å². The number of hydrogen-bond donors (Lipinski definition) is 2. The van der Waals surface area contributed by atoms with Crippen molar-refractivity contribution < 1.29 is 19.1 Å². The third-order valence-electron chi connectivity index (χ3n) is 8.31. The summed E-state index contributed by atoms with van der Waals surface area (Å²) in [5.74, 6) is 1.78. The minimum Gasteiger partial charge on any atom is -0.444 e. The molecule has 232 valence electrons. The van der Waals surface area contributed by atoms with Crippen LogP contribution in [0.25, 0.3) is 0 Å². The lowest BCUT2D eigenvalue weighted by Crippen LogP contribution is -2.58. The molecule has 2 N–H and O–H groups in total. The van der Waals surface area contributed by atoms with Crippen molar-refractivity contribution >= 4 is 29.7 Å². The Morgan fingerprint density at radius 1 is 1.00 bits per heavy atom. The Balaban J connectivity index is 1.34. The maximum absolute atomic E-state index is 13.6. The normalized spacial score (nSPS) is 21.5. The third-order valence-corrected chi connectivity index (χ3v) is 9.59. The number of rotatable bonds is 10. The molecule has 8 nitrogen and oxygen atoms in total. The highest BCUT2D eigenvalue weighted by Crippen LogP contribution is 2.27. The quantitative estimate of drug-likeness (QED) is 0.363. The van der Waals surface area contributed by atoms with E-state index in [9.17, 15) is 14.4 Å². The van der Waals surface area contributed by atoms with E-state index in [2.05, 4.69) is 39.8 Å². The summed E-state index contributed by atoms with van der Waals surface area (Å²) in [6, 6.07) is 9.20. The molecule has 42 heavy (non-hydrogen) atoms. The van der Waals surface area contributed by atoms with Gasteiger partial charge in [0.15, 0.2) is 0 Å². The summed E-state index contributed by atoms with van der Waals surface area (Å²) in [7, 11) is 0. The van der Waals surface area contributed by atoms with Crippen LogP contribution in [0.5, 0.6) is 0 Å². The fourth-order valence-corrected chi connectivity index (χ4v) is 7.25. The Kier molecular flexibility index (Phi) is 12.2. The van der Waals surface area contributed by atoms with E-state index in [1.54, 1.807) is 11.8 Å². The molecule has 1 saturated carbocycles. The van der Waals surface area contributed by atoms with Crippen molar-refractivity contribution in [2.45, 2.75) is 102 Å². The zero-order valence-electron chi connectivity index (χ0n) is 25.7. The minimum absolute atomic E-state index is 0.0862. The molecule has 1 aliphatic carbocycles. The average Bonchev–Trinajstić information content (AvgIpc) is 2.98. The van der Waals surface area contributed by atoms with Gasteiger partial charge < -0.3 is 15.4 Å². The molecule has 2 heterocycles. The molecule has 0 bridgehead atoms. The number of hydrogen-bond acceptors (Lipinski definition) is 6. The van der Waals surface area contributed by atoms with Crippen molar-refractivity contribution in [3.8, 4) is 0 Å². The number of nitrogens with zero attached hydrogens (tertiary/aromatic N) is 2. The SMILES string of the molecule is CC(C)(C)OC(=O)N1CC=CCC1C(=O)N[C@@H](CSCC1CCCCC1)C(=O)NC1CCN(Cc2ccccc2)CC1. The molecular weight excluding hydrogens is 548 g/mol. The van der Waals surface area contributed by atoms with Crippen molar-refractivity contribution in [3.63, 3.8) is 0 Å². The van der Waals surface area contributed by atoms with Crippen LogP contribution in [0.15, 0.2) is 42.5 Å². The second-order valence-corrected chi connectivity index (χ2v) is 14.1. The van der Waals surface area contributed by atoms with Crippen molar-refractivity contribution in [1.29, 1.82) is 0 Å². The van der Waals surface area contributed by atoms with Gasteiger partial charge in [-0.25, -0.2) is 4.79 Å². The lowest BCUT2D eigenvalue weighted by atomic mass is 9.91. The average molecular weight is 599 g/mol. The van der Waals surface area contributed by atoms with Crippen molar-refractivity contribution in [1.82, 2.24) is 20.4 Å². The van der Waals surface area contributed by atoms with Crippen molar-refractivity contribution in [3.05, 3.63) is 48.0 Å². The second-order valence-electron chi connectivity index (χ2n) is 13.0. The van der Waals surface area contributed by atoms with Crippen LogP contribution in [0.4, 0.5) is 4.79 Å². The molecule has 9 heteroatoms. The van der Waals surface area contributed by atoms with Gasteiger partial charge in [0, 0.05) is 38.0 Å². The number of piperidine rings is 1. The molecular formula is C33H50N4O4S. The maximum atomic E-state index is 13.6. The number of carbonyl (C=O) groups excluding carboxylic acids is 3.